The van der Waals surface area contributed by atoms with E-state index in [0.29, 0.717) is 28.9 Å². The van der Waals surface area contributed by atoms with Gasteiger partial charge in [-0.05, 0) is 79.4 Å². The molecule has 0 bridgehead atoms. The highest BCUT2D eigenvalue weighted by atomic mass is 35.5. The molecule has 0 spiro atoms. The number of thiazole rings is 1. The average molecular weight is 571 g/mol. The number of benzene rings is 2. The van der Waals surface area contributed by atoms with Crippen molar-refractivity contribution < 1.29 is 17.9 Å². The highest BCUT2D eigenvalue weighted by molar-refractivity contribution is 7.89. The third kappa shape index (κ3) is 5.60. The highest BCUT2D eigenvalue weighted by Crippen LogP contribution is 2.34. The van der Waals surface area contributed by atoms with Crippen LogP contribution in [0.4, 0.5) is 5.13 Å². The fourth-order valence-corrected chi connectivity index (χ4v) is 7.05. The third-order valence-electron chi connectivity index (χ3n) is 6.50. The Bertz CT molecular complexity index is 1550. The molecule has 1 atom stereocenters. The first-order chi connectivity index (χ1) is 18.2. The van der Waals surface area contributed by atoms with Gasteiger partial charge in [0.1, 0.15) is 0 Å². The summed E-state index contributed by atoms with van der Waals surface area (Å²) in [5.41, 5.74) is 2.96. The molecule has 38 heavy (non-hydrogen) atoms. The molecule has 0 radical (unpaired) electrons. The molecule has 5 rings (SSSR count). The zero-order valence-corrected chi connectivity index (χ0v) is 23.4. The molecular weight excluding hydrogens is 544 g/mol. The van der Waals surface area contributed by atoms with Crippen molar-refractivity contribution in [3.8, 4) is 0 Å². The Balaban J connectivity index is 1.44. The van der Waals surface area contributed by atoms with E-state index in [0.717, 1.165) is 34.2 Å². The van der Waals surface area contributed by atoms with Crippen LogP contribution in [0.1, 0.15) is 34.3 Å². The first-order valence-electron chi connectivity index (χ1n) is 12.2. The second-order valence-electron chi connectivity index (χ2n) is 9.26. The van der Waals surface area contributed by atoms with Gasteiger partial charge in [-0.1, -0.05) is 22.9 Å². The van der Waals surface area contributed by atoms with Crippen molar-refractivity contribution >= 4 is 54.2 Å². The summed E-state index contributed by atoms with van der Waals surface area (Å²) in [5, 5.41) is 1.14. The van der Waals surface area contributed by atoms with Crippen LogP contribution in [0.2, 0.25) is 5.02 Å². The van der Waals surface area contributed by atoms with Crippen molar-refractivity contribution in [1.82, 2.24) is 14.3 Å². The van der Waals surface area contributed by atoms with Crippen LogP contribution in [-0.2, 0) is 21.3 Å². The van der Waals surface area contributed by atoms with E-state index in [-0.39, 0.29) is 23.5 Å². The number of aryl methyl sites for hydroxylation is 1. The van der Waals surface area contributed by atoms with Gasteiger partial charge in [-0.2, -0.15) is 4.31 Å². The number of aromatic nitrogens is 2. The molecule has 11 heteroatoms. The zero-order chi connectivity index (χ0) is 26.9. The number of amides is 1. The van der Waals surface area contributed by atoms with E-state index in [4.69, 9.17) is 21.3 Å². The number of rotatable bonds is 8. The van der Waals surface area contributed by atoms with Gasteiger partial charge < -0.3 is 4.74 Å². The van der Waals surface area contributed by atoms with Gasteiger partial charge in [-0.25, -0.2) is 13.4 Å². The van der Waals surface area contributed by atoms with Crippen molar-refractivity contribution in [2.45, 2.75) is 37.3 Å². The molecule has 0 N–H and O–H groups in total. The third-order valence-corrected chi connectivity index (χ3v) is 9.58. The second kappa shape index (κ2) is 11.1. The number of nitrogens with zero attached hydrogens (tertiary/aromatic N) is 4. The second-order valence-corrected chi connectivity index (χ2v) is 12.7. The lowest BCUT2D eigenvalue weighted by molar-refractivity contribution is 0.0978. The van der Waals surface area contributed by atoms with Gasteiger partial charge >= 0.3 is 0 Å². The number of ether oxygens (including phenoxy) is 1. The molecule has 0 saturated carbocycles. The quantitative estimate of drug-likeness (QED) is 0.285. The van der Waals surface area contributed by atoms with E-state index in [1.165, 1.54) is 27.8 Å². The normalized spacial score (nSPS) is 15.8. The number of fused-ring (bicyclic) bond motifs is 1. The standard InChI is InChI=1S/C27H27ClN4O4S2/c1-18-14-21(28)15-24-25(18)30-27(37-24)32(16-19-9-11-29-12-10-19)26(33)20-5-7-23(8-6-20)38(34,35)31(2)17-22-4-3-13-36-22/h5-12,14-15,22H,3-4,13,16-17H2,1-2H3. The largest absolute Gasteiger partial charge is 0.377 e. The summed E-state index contributed by atoms with van der Waals surface area (Å²) < 4.78 is 34.0. The molecule has 1 aliphatic heterocycles. The van der Waals surface area contributed by atoms with Crippen LogP contribution in [0, 0.1) is 6.92 Å². The van der Waals surface area contributed by atoms with E-state index < -0.39 is 10.0 Å². The van der Waals surface area contributed by atoms with Crippen LogP contribution in [0.3, 0.4) is 0 Å². The lowest BCUT2D eigenvalue weighted by atomic mass is 10.2. The van der Waals surface area contributed by atoms with Crippen molar-refractivity contribution in [1.29, 1.82) is 0 Å². The Hall–Kier alpha value is -2.89. The molecule has 1 aliphatic rings. The Morgan fingerprint density at radius 2 is 1.89 bits per heavy atom. The number of hydrogen-bond acceptors (Lipinski definition) is 7. The van der Waals surface area contributed by atoms with Crippen molar-refractivity contribution in [2.24, 2.45) is 0 Å². The Morgan fingerprint density at radius 3 is 2.58 bits per heavy atom. The Labute approximate surface area is 230 Å². The molecule has 1 saturated heterocycles. The number of anilines is 1. The molecule has 2 aromatic carbocycles. The molecule has 8 nitrogen and oxygen atoms in total. The Morgan fingerprint density at radius 1 is 1.16 bits per heavy atom. The van der Waals surface area contributed by atoms with Crippen molar-refractivity contribution in [3.05, 3.63) is 82.6 Å². The first kappa shape index (κ1) is 26.7. The maximum atomic E-state index is 13.8. The maximum Gasteiger partial charge on any atom is 0.260 e. The molecule has 2 aromatic heterocycles. The van der Waals surface area contributed by atoms with E-state index in [1.54, 1.807) is 36.5 Å². The van der Waals surface area contributed by atoms with Gasteiger partial charge in [0.2, 0.25) is 10.0 Å². The molecule has 4 aromatic rings. The molecule has 3 heterocycles. The minimum atomic E-state index is -3.72. The number of pyridine rings is 1. The smallest absolute Gasteiger partial charge is 0.260 e. The topological polar surface area (TPSA) is 92.7 Å². The minimum absolute atomic E-state index is 0.0929. The van der Waals surface area contributed by atoms with Crippen LogP contribution in [0.5, 0.6) is 0 Å². The number of hydrogen-bond donors (Lipinski definition) is 0. The van der Waals surface area contributed by atoms with Gasteiger partial charge in [0, 0.05) is 43.2 Å². The van der Waals surface area contributed by atoms with Crippen LogP contribution in [0.15, 0.2) is 65.8 Å². The minimum Gasteiger partial charge on any atom is -0.377 e. The number of carbonyl (C=O) groups is 1. The van der Waals surface area contributed by atoms with Gasteiger partial charge in [-0.3, -0.25) is 14.7 Å². The molecule has 0 aliphatic carbocycles. The van der Waals surface area contributed by atoms with Crippen LogP contribution >= 0.6 is 22.9 Å². The molecule has 1 fully saturated rings. The summed E-state index contributed by atoms with van der Waals surface area (Å²) in [4.78, 5) is 24.3. The molecular formula is C27H27ClN4O4S2. The van der Waals surface area contributed by atoms with Crippen LogP contribution in [0.25, 0.3) is 10.2 Å². The first-order valence-corrected chi connectivity index (χ1v) is 14.8. The molecule has 1 amide bonds. The summed E-state index contributed by atoms with van der Waals surface area (Å²) in [6.45, 7) is 3.16. The SMILES string of the molecule is Cc1cc(Cl)cc2sc(N(Cc3ccncc3)C(=O)c3ccc(S(=O)(=O)N(C)CC4CCCO4)cc3)nc12. The van der Waals surface area contributed by atoms with E-state index in [9.17, 15) is 13.2 Å². The van der Waals surface area contributed by atoms with Gasteiger partial charge in [0.25, 0.3) is 5.91 Å². The summed E-state index contributed by atoms with van der Waals surface area (Å²) in [5.74, 6) is -0.290. The van der Waals surface area contributed by atoms with E-state index >= 15 is 0 Å². The van der Waals surface area contributed by atoms with Gasteiger partial charge in [0.05, 0.1) is 27.8 Å². The van der Waals surface area contributed by atoms with Crippen LogP contribution < -0.4 is 4.90 Å². The number of likely N-dealkylation sites (N-methyl/N-ethyl adjacent to an activating group) is 1. The summed E-state index contributed by atoms with van der Waals surface area (Å²) in [7, 11) is -2.17. The molecule has 198 valence electrons. The predicted molar refractivity (Wildman–Crippen MR) is 149 cm³/mol. The summed E-state index contributed by atoms with van der Waals surface area (Å²) in [6.07, 6.45) is 5.04. The highest BCUT2D eigenvalue weighted by Gasteiger charge is 2.27. The molecule has 1 unspecified atom stereocenters. The fourth-order valence-electron chi connectivity index (χ4n) is 4.43. The van der Waals surface area contributed by atoms with Crippen molar-refractivity contribution in [2.75, 3.05) is 25.1 Å². The van der Waals surface area contributed by atoms with Gasteiger partial charge in [0.15, 0.2) is 5.13 Å². The lowest BCUT2D eigenvalue weighted by Gasteiger charge is -2.22. The monoisotopic (exact) mass is 570 g/mol. The zero-order valence-electron chi connectivity index (χ0n) is 21.0. The lowest BCUT2D eigenvalue weighted by Crippen LogP contribution is -2.34. The number of carbonyl (C=O) groups excluding carboxylic acids is 1. The summed E-state index contributed by atoms with van der Waals surface area (Å²) >= 11 is 7.64. The van der Waals surface area contributed by atoms with Gasteiger partial charge in [-0.15, -0.1) is 0 Å². The average Bonchev–Trinajstić information content (AvgIpc) is 3.57. The number of sulfonamides is 1. The fraction of sp³-hybridized carbons (Fsp3) is 0.296. The van der Waals surface area contributed by atoms with E-state index in [2.05, 4.69) is 4.98 Å². The maximum absolute atomic E-state index is 13.8. The van der Waals surface area contributed by atoms with E-state index in [1.807, 2.05) is 31.2 Å². The van der Waals surface area contributed by atoms with Crippen molar-refractivity contribution in [3.63, 3.8) is 0 Å². The number of halogens is 1. The van der Waals surface area contributed by atoms with Crippen LogP contribution in [-0.4, -0.2) is 54.9 Å². The Kier molecular flexibility index (Phi) is 7.78. The predicted octanol–water partition coefficient (Wildman–Crippen LogP) is 5.30. The summed E-state index contributed by atoms with van der Waals surface area (Å²) in [6, 6.07) is 13.4.